The molecule has 0 bridgehead atoms. The molecule has 21 heavy (non-hydrogen) atoms. The first-order valence-corrected chi connectivity index (χ1v) is 6.49. The molecule has 0 radical (unpaired) electrons. The van der Waals surface area contributed by atoms with Crippen LogP contribution in [0.4, 0.5) is 14.5 Å². The first-order valence-electron chi connectivity index (χ1n) is 5.74. The van der Waals surface area contributed by atoms with Crippen LogP contribution in [0.1, 0.15) is 15.9 Å². The number of anilines is 1. The van der Waals surface area contributed by atoms with Crippen LogP contribution in [0.25, 0.3) is 0 Å². The molecule has 0 saturated carbocycles. The van der Waals surface area contributed by atoms with Gasteiger partial charge in [0.05, 0.1) is 11.3 Å². The molecule has 0 unspecified atom stereocenters. The van der Waals surface area contributed by atoms with Crippen LogP contribution in [0.2, 0.25) is 10.0 Å². The molecule has 0 atom stereocenters. The van der Waals surface area contributed by atoms with Crippen molar-refractivity contribution in [3.05, 3.63) is 63.1 Å². The molecule has 0 aliphatic heterocycles. The van der Waals surface area contributed by atoms with Crippen molar-refractivity contribution in [2.24, 2.45) is 0 Å². The van der Waals surface area contributed by atoms with Crippen molar-refractivity contribution < 1.29 is 18.3 Å². The summed E-state index contributed by atoms with van der Waals surface area (Å²) < 4.78 is 31.7. The minimum absolute atomic E-state index is 0.194. The average Bonchev–Trinajstić information content (AvgIpc) is 2.41. The molecule has 0 aliphatic rings. The van der Waals surface area contributed by atoms with E-state index in [0.29, 0.717) is 21.7 Å². The van der Waals surface area contributed by atoms with Gasteiger partial charge in [-0.2, -0.15) is 0 Å². The summed E-state index contributed by atoms with van der Waals surface area (Å²) in [5, 5.41) is 0.737. The summed E-state index contributed by atoms with van der Waals surface area (Å²) in [5.41, 5.74) is 4.76. The summed E-state index contributed by atoms with van der Waals surface area (Å²) >= 11 is 11.6. The van der Waals surface area contributed by atoms with E-state index in [1.165, 1.54) is 6.07 Å². The summed E-state index contributed by atoms with van der Waals surface area (Å²) in [6.45, 7) is -0.194. The van der Waals surface area contributed by atoms with Gasteiger partial charge in [-0.15, -0.1) is 0 Å². The third-order valence-electron chi connectivity index (χ3n) is 2.68. The van der Waals surface area contributed by atoms with Gasteiger partial charge in [-0.3, -0.25) is 0 Å². The van der Waals surface area contributed by atoms with Crippen LogP contribution < -0.4 is 5.73 Å². The number of carbonyl (C=O) groups is 1. The van der Waals surface area contributed by atoms with Gasteiger partial charge in [0.15, 0.2) is 0 Å². The van der Waals surface area contributed by atoms with Gasteiger partial charge in [0, 0.05) is 21.7 Å². The molecule has 7 heteroatoms. The molecule has 0 aromatic heterocycles. The maximum Gasteiger partial charge on any atom is 0.341 e. The predicted molar refractivity (Wildman–Crippen MR) is 76.4 cm³/mol. The van der Waals surface area contributed by atoms with Gasteiger partial charge in [-0.1, -0.05) is 29.3 Å². The topological polar surface area (TPSA) is 52.3 Å². The fourth-order valence-corrected chi connectivity index (χ4v) is 2.04. The number of hydrogen-bond acceptors (Lipinski definition) is 3. The fourth-order valence-electron chi connectivity index (χ4n) is 1.58. The molecule has 2 aromatic carbocycles. The Bertz CT molecular complexity index is 708. The predicted octanol–water partition coefficient (Wildman–Crippen LogP) is 4.21. The zero-order chi connectivity index (χ0) is 15.6. The van der Waals surface area contributed by atoms with Crippen molar-refractivity contribution in [2.75, 3.05) is 5.73 Å². The summed E-state index contributed by atoms with van der Waals surface area (Å²) in [7, 11) is 0. The summed E-state index contributed by atoms with van der Waals surface area (Å²) in [6, 6.07) is 6.03. The van der Waals surface area contributed by atoms with Crippen LogP contribution >= 0.6 is 23.2 Å². The number of esters is 1. The Balaban J connectivity index is 2.13. The minimum Gasteiger partial charge on any atom is -0.457 e. The van der Waals surface area contributed by atoms with Gasteiger partial charge >= 0.3 is 5.97 Å². The number of carbonyl (C=O) groups excluding carboxylic acids is 1. The number of rotatable bonds is 3. The molecule has 0 aliphatic carbocycles. The molecular weight excluding hydrogens is 323 g/mol. The van der Waals surface area contributed by atoms with E-state index in [9.17, 15) is 13.6 Å². The molecule has 2 N–H and O–H groups in total. The summed E-state index contributed by atoms with van der Waals surface area (Å²) in [4.78, 5) is 11.7. The maximum absolute atomic E-state index is 13.5. The van der Waals surface area contributed by atoms with Crippen molar-refractivity contribution >= 4 is 34.9 Å². The highest BCUT2D eigenvalue weighted by molar-refractivity contribution is 6.35. The van der Waals surface area contributed by atoms with E-state index < -0.39 is 23.2 Å². The first-order chi connectivity index (χ1) is 9.88. The Morgan fingerprint density at radius 3 is 2.52 bits per heavy atom. The van der Waals surface area contributed by atoms with Crippen molar-refractivity contribution in [3.8, 4) is 0 Å². The molecule has 110 valence electrons. The van der Waals surface area contributed by atoms with E-state index in [2.05, 4.69) is 0 Å². The van der Waals surface area contributed by atoms with Gasteiger partial charge in [-0.05, 0) is 18.2 Å². The second kappa shape index (κ2) is 6.28. The number of nitrogen functional groups attached to an aromatic ring is 1. The van der Waals surface area contributed by atoms with Crippen molar-refractivity contribution in [3.63, 3.8) is 0 Å². The fraction of sp³-hybridized carbons (Fsp3) is 0.0714. The van der Waals surface area contributed by atoms with Crippen LogP contribution in [0.15, 0.2) is 30.3 Å². The van der Waals surface area contributed by atoms with Gasteiger partial charge in [-0.25, -0.2) is 13.6 Å². The summed E-state index contributed by atoms with van der Waals surface area (Å²) in [6.07, 6.45) is 0. The zero-order valence-corrected chi connectivity index (χ0v) is 12.0. The van der Waals surface area contributed by atoms with Crippen LogP contribution in [-0.4, -0.2) is 5.97 Å². The molecule has 0 amide bonds. The number of halogens is 4. The Morgan fingerprint density at radius 1 is 1.14 bits per heavy atom. The Kier molecular flexibility index (Phi) is 4.65. The van der Waals surface area contributed by atoms with Crippen LogP contribution in [0.5, 0.6) is 0 Å². The van der Waals surface area contributed by atoms with Crippen molar-refractivity contribution in [2.45, 2.75) is 6.61 Å². The second-order valence-corrected chi connectivity index (χ2v) is 5.01. The first kappa shape index (κ1) is 15.5. The highest BCUT2D eigenvalue weighted by atomic mass is 35.5. The van der Waals surface area contributed by atoms with Crippen molar-refractivity contribution in [1.82, 2.24) is 0 Å². The van der Waals surface area contributed by atoms with Gasteiger partial charge in [0.2, 0.25) is 0 Å². The molecule has 2 rings (SSSR count). The Labute approximate surface area is 129 Å². The molecule has 0 fully saturated rings. The van der Waals surface area contributed by atoms with E-state index in [1.807, 2.05) is 0 Å². The Hall–Kier alpha value is -1.85. The summed E-state index contributed by atoms with van der Waals surface area (Å²) in [5.74, 6) is -2.87. The lowest BCUT2D eigenvalue weighted by atomic mass is 10.2. The number of hydrogen-bond donors (Lipinski definition) is 1. The van der Waals surface area contributed by atoms with E-state index in [1.54, 1.807) is 12.1 Å². The Morgan fingerprint density at radius 2 is 1.86 bits per heavy atom. The molecule has 0 saturated heterocycles. The zero-order valence-electron chi connectivity index (χ0n) is 10.5. The molecule has 0 heterocycles. The monoisotopic (exact) mass is 331 g/mol. The lowest BCUT2D eigenvalue weighted by molar-refractivity contribution is 0.0467. The van der Waals surface area contributed by atoms with E-state index in [4.69, 9.17) is 33.7 Å². The normalized spacial score (nSPS) is 10.5. The van der Waals surface area contributed by atoms with E-state index in [0.717, 1.165) is 6.07 Å². The van der Waals surface area contributed by atoms with Crippen LogP contribution in [0, 0.1) is 11.6 Å². The lowest BCUT2D eigenvalue weighted by Crippen LogP contribution is -2.09. The highest BCUT2D eigenvalue weighted by Gasteiger charge is 2.17. The third-order valence-corrected chi connectivity index (χ3v) is 3.27. The van der Waals surface area contributed by atoms with Gasteiger partial charge < -0.3 is 10.5 Å². The minimum atomic E-state index is -1.02. The standard InChI is InChI=1S/C14H9Cl2F2NO2/c15-8-2-1-7(10(16)3-8)6-21-14(20)9-4-12(18)13(19)5-11(9)17/h1-5H,6,19H2. The number of nitrogens with two attached hydrogens (primary N) is 1. The van der Waals surface area contributed by atoms with Gasteiger partial charge in [0.1, 0.15) is 18.2 Å². The van der Waals surface area contributed by atoms with Crippen LogP contribution in [0.3, 0.4) is 0 Å². The number of ether oxygens (including phenoxy) is 1. The van der Waals surface area contributed by atoms with Crippen molar-refractivity contribution in [1.29, 1.82) is 0 Å². The largest absolute Gasteiger partial charge is 0.457 e. The average molecular weight is 332 g/mol. The molecule has 0 spiro atoms. The number of benzene rings is 2. The van der Waals surface area contributed by atoms with Crippen LogP contribution in [-0.2, 0) is 11.3 Å². The molecule has 2 aromatic rings. The second-order valence-electron chi connectivity index (χ2n) is 4.17. The maximum atomic E-state index is 13.5. The van der Waals surface area contributed by atoms with Gasteiger partial charge in [0.25, 0.3) is 0 Å². The van der Waals surface area contributed by atoms with E-state index >= 15 is 0 Å². The molecular formula is C14H9Cl2F2NO2. The highest BCUT2D eigenvalue weighted by Crippen LogP contribution is 2.23. The lowest BCUT2D eigenvalue weighted by Gasteiger charge is -2.08. The quantitative estimate of drug-likeness (QED) is 0.677. The smallest absolute Gasteiger partial charge is 0.341 e. The van der Waals surface area contributed by atoms with E-state index in [-0.39, 0.29) is 12.3 Å². The SMILES string of the molecule is Nc1cc(F)c(C(=O)OCc2ccc(Cl)cc2Cl)cc1F. The molecule has 3 nitrogen and oxygen atoms in total. The third kappa shape index (κ3) is 3.62.